The molecule has 0 fully saturated rings. The summed E-state index contributed by atoms with van der Waals surface area (Å²) in [5, 5.41) is 5.98. The van der Waals surface area contributed by atoms with Crippen LogP contribution in [-0.2, 0) is 6.42 Å². The number of amides is 1. The Morgan fingerprint density at radius 2 is 1.59 bits per heavy atom. The highest BCUT2D eigenvalue weighted by Crippen LogP contribution is 2.17. The Labute approximate surface area is 207 Å². The molecule has 0 saturated heterocycles. The van der Waals surface area contributed by atoms with Crippen molar-refractivity contribution in [3.8, 4) is 11.5 Å². The Bertz CT molecular complexity index is 1040. The summed E-state index contributed by atoms with van der Waals surface area (Å²) in [7, 11) is 0. The number of unbranched alkanes of at least 4 members (excludes halogenated alkanes) is 3. The van der Waals surface area contributed by atoms with Gasteiger partial charge in [0.05, 0.1) is 13.2 Å². The molecule has 178 valence electrons. The van der Waals surface area contributed by atoms with Gasteiger partial charge in [-0.3, -0.25) is 10.1 Å². The van der Waals surface area contributed by atoms with Gasteiger partial charge in [0, 0.05) is 17.7 Å². The minimum absolute atomic E-state index is 0.230. The van der Waals surface area contributed by atoms with E-state index < -0.39 is 0 Å². The number of carbonyl (C=O) groups is 1. The van der Waals surface area contributed by atoms with Gasteiger partial charge in [-0.05, 0) is 66.7 Å². The summed E-state index contributed by atoms with van der Waals surface area (Å²) in [6, 6.07) is 24.8. The van der Waals surface area contributed by atoms with Crippen LogP contribution in [0.2, 0.25) is 0 Å². The van der Waals surface area contributed by atoms with Gasteiger partial charge in [-0.2, -0.15) is 0 Å². The Morgan fingerprint density at radius 3 is 2.35 bits per heavy atom. The molecule has 3 aromatic rings. The van der Waals surface area contributed by atoms with Crippen LogP contribution in [0.15, 0.2) is 78.9 Å². The van der Waals surface area contributed by atoms with Gasteiger partial charge in [-0.15, -0.1) is 0 Å². The second kappa shape index (κ2) is 14.0. The monoisotopic (exact) mass is 476 g/mol. The molecule has 0 heterocycles. The predicted octanol–water partition coefficient (Wildman–Crippen LogP) is 6.39. The summed E-state index contributed by atoms with van der Waals surface area (Å²) in [4.78, 5) is 12.6. The predicted molar refractivity (Wildman–Crippen MR) is 142 cm³/mol. The zero-order valence-corrected chi connectivity index (χ0v) is 20.4. The highest BCUT2D eigenvalue weighted by Gasteiger charge is 2.09. The van der Waals surface area contributed by atoms with E-state index in [1.807, 2.05) is 48.5 Å². The van der Waals surface area contributed by atoms with Crippen LogP contribution in [0.4, 0.5) is 5.69 Å². The second-order valence-electron chi connectivity index (χ2n) is 7.95. The molecule has 0 unspecified atom stereocenters. The van der Waals surface area contributed by atoms with Crippen LogP contribution in [0.3, 0.4) is 0 Å². The van der Waals surface area contributed by atoms with Gasteiger partial charge in [-0.25, -0.2) is 0 Å². The third kappa shape index (κ3) is 8.87. The Kier molecular flexibility index (Phi) is 10.4. The molecule has 0 radical (unpaired) electrons. The molecule has 0 aliphatic rings. The number of nitrogens with one attached hydrogen (secondary N) is 2. The number of carbonyl (C=O) groups excluding carboxylic acids is 1. The summed E-state index contributed by atoms with van der Waals surface area (Å²) in [5.74, 6) is 1.17. The van der Waals surface area contributed by atoms with E-state index in [4.69, 9.17) is 21.7 Å². The lowest BCUT2D eigenvalue weighted by atomic mass is 10.2. The van der Waals surface area contributed by atoms with Crippen LogP contribution >= 0.6 is 12.2 Å². The van der Waals surface area contributed by atoms with Crippen molar-refractivity contribution in [2.45, 2.75) is 39.0 Å². The van der Waals surface area contributed by atoms with Crippen LogP contribution in [0.25, 0.3) is 0 Å². The third-order valence-electron chi connectivity index (χ3n) is 5.20. The van der Waals surface area contributed by atoms with Crippen molar-refractivity contribution >= 4 is 28.9 Å². The van der Waals surface area contributed by atoms with E-state index in [1.54, 1.807) is 18.2 Å². The van der Waals surface area contributed by atoms with Gasteiger partial charge >= 0.3 is 0 Å². The minimum Gasteiger partial charge on any atom is -0.494 e. The summed E-state index contributed by atoms with van der Waals surface area (Å²) in [5.41, 5.74) is 2.47. The van der Waals surface area contributed by atoms with Crippen molar-refractivity contribution in [1.82, 2.24) is 5.32 Å². The number of rotatable bonds is 12. The molecule has 0 atom stereocenters. The van der Waals surface area contributed by atoms with Crippen molar-refractivity contribution in [3.63, 3.8) is 0 Å². The van der Waals surface area contributed by atoms with E-state index in [0.29, 0.717) is 17.9 Å². The lowest BCUT2D eigenvalue weighted by Gasteiger charge is -2.12. The summed E-state index contributed by atoms with van der Waals surface area (Å²) in [6.07, 6.45) is 5.50. The molecule has 0 saturated carbocycles. The first-order chi connectivity index (χ1) is 16.6. The summed E-state index contributed by atoms with van der Waals surface area (Å²) >= 11 is 5.31. The number of hydrogen-bond donors (Lipinski definition) is 2. The molecule has 2 N–H and O–H groups in total. The van der Waals surface area contributed by atoms with Gasteiger partial charge in [0.15, 0.2) is 5.11 Å². The van der Waals surface area contributed by atoms with E-state index in [-0.39, 0.29) is 11.0 Å². The number of hydrogen-bond acceptors (Lipinski definition) is 4. The van der Waals surface area contributed by atoms with Crippen LogP contribution in [0, 0.1) is 0 Å². The quantitative estimate of drug-likeness (QED) is 0.234. The number of thiocarbonyl (C=S) groups is 1. The van der Waals surface area contributed by atoms with E-state index in [9.17, 15) is 4.79 Å². The van der Waals surface area contributed by atoms with Crippen LogP contribution in [-0.4, -0.2) is 24.2 Å². The van der Waals surface area contributed by atoms with Crippen molar-refractivity contribution in [3.05, 3.63) is 90.0 Å². The number of ether oxygens (including phenoxy) is 2. The maximum absolute atomic E-state index is 12.6. The molecular formula is C28H32N2O3S. The summed E-state index contributed by atoms with van der Waals surface area (Å²) in [6.45, 7) is 3.45. The molecular weight excluding hydrogens is 444 g/mol. The molecule has 0 aromatic heterocycles. The number of benzene rings is 3. The van der Waals surface area contributed by atoms with E-state index in [0.717, 1.165) is 30.9 Å². The Morgan fingerprint density at radius 1 is 0.824 bits per heavy atom. The molecule has 0 bridgehead atoms. The molecule has 1 amide bonds. The highest BCUT2D eigenvalue weighted by atomic mass is 32.1. The van der Waals surface area contributed by atoms with Gasteiger partial charge in [0.25, 0.3) is 5.91 Å². The van der Waals surface area contributed by atoms with Crippen LogP contribution in [0.1, 0.15) is 48.5 Å². The van der Waals surface area contributed by atoms with E-state index >= 15 is 0 Å². The molecule has 3 aromatic carbocycles. The van der Waals surface area contributed by atoms with E-state index in [2.05, 4.69) is 29.7 Å². The first-order valence-electron chi connectivity index (χ1n) is 11.8. The minimum atomic E-state index is -0.293. The zero-order chi connectivity index (χ0) is 24.0. The van der Waals surface area contributed by atoms with Crippen molar-refractivity contribution in [2.24, 2.45) is 0 Å². The molecule has 0 aliphatic carbocycles. The van der Waals surface area contributed by atoms with Crippen LogP contribution in [0.5, 0.6) is 11.5 Å². The fourth-order valence-corrected chi connectivity index (χ4v) is 3.56. The maximum Gasteiger partial charge on any atom is 0.257 e. The molecule has 3 rings (SSSR count). The van der Waals surface area contributed by atoms with Crippen molar-refractivity contribution in [1.29, 1.82) is 0 Å². The second-order valence-corrected chi connectivity index (χ2v) is 8.36. The SMILES string of the molecule is CCCCCCOc1ccc(NC(=S)NC(=O)c2cccc(OCCc3ccccc3)c2)cc1. The van der Waals surface area contributed by atoms with Gasteiger partial charge in [-0.1, -0.05) is 62.6 Å². The summed E-state index contributed by atoms with van der Waals surface area (Å²) < 4.78 is 11.6. The first kappa shape index (κ1) is 25.2. The van der Waals surface area contributed by atoms with Crippen LogP contribution < -0.4 is 20.1 Å². The van der Waals surface area contributed by atoms with Gasteiger partial charge in [0.2, 0.25) is 0 Å². The largest absolute Gasteiger partial charge is 0.494 e. The topological polar surface area (TPSA) is 59.6 Å². The maximum atomic E-state index is 12.6. The average Bonchev–Trinajstić information content (AvgIpc) is 2.86. The first-order valence-corrected chi connectivity index (χ1v) is 12.2. The zero-order valence-electron chi connectivity index (χ0n) is 19.6. The lowest BCUT2D eigenvalue weighted by Crippen LogP contribution is -2.34. The fraction of sp³-hybridized carbons (Fsp3) is 0.286. The lowest BCUT2D eigenvalue weighted by molar-refractivity contribution is 0.0977. The van der Waals surface area contributed by atoms with E-state index in [1.165, 1.54) is 24.8 Å². The average molecular weight is 477 g/mol. The smallest absolute Gasteiger partial charge is 0.257 e. The van der Waals surface area contributed by atoms with Crippen molar-refractivity contribution in [2.75, 3.05) is 18.5 Å². The third-order valence-corrected chi connectivity index (χ3v) is 5.41. The molecule has 0 spiro atoms. The molecule has 34 heavy (non-hydrogen) atoms. The van der Waals surface area contributed by atoms with Gasteiger partial charge in [0.1, 0.15) is 11.5 Å². The normalized spacial score (nSPS) is 10.4. The molecule has 0 aliphatic heterocycles. The molecule has 5 nitrogen and oxygen atoms in total. The van der Waals surface area contributed by atoms with Crippen molar-refractivity contribution < 1.29 is 14.3 Å². The Balaban J connectivity index is 1.43. The highest BCUT2D eigenvalue weighted by molar-refractivity contribution is 7.80. The Hall–Kier alpha value is -3.38. The van der Waals surface area contributed by atoms with Gasteiger partial charge < -0.3 is 14.8 Å². The fourth-order valence-electron chi connectivity index (χ4n) is 3.35. The number of anilines is 1. The standard InChI is InChI=1S/C28H32N2O3S/c1-2-3-4-8-19-32-25-16-14-24(15-17-25)29-28(34)30-27(31)23-12-9-13-26(21-23)33-20-18-22-10-6-5-7-11-22/h5-7,9-17,21H,2-4,8,18-20H2,1H3,(H2,29,30,31,34). The molecule has 6 heteroatoms.